The predicted molar refractivity (Wildman–Crippen MR) is 86.5 cm³/mol. The molecule has 0 spiro atoms. The van der Waals surface area contributed by atoms with Crippen molar-refractivity contribution >= 4 is 58.2 Å². The third-order valence-corrected chi connectivity index (χ3v) is 4.44. The Balaban J connectivity index is 2.57. The molecule has 0 aliphatic heterocycles. The highest BCUT2D eigenvalue weighted by atomic mass is 35.5. The van der Waals surface area contributed by atoms with Crippen molar-refractivity contribution in [1.82, 2.24) is 9.78 Å². The smallest absolute Gasteiger partial charge is 0.416 e. The minimum absolute atomic E-state index is 0.0492. The Hall–Kier alpha value is -0.540. The minimum Gasteiger partial charge on any atom is -0.480 e. The monoisotopic (exact) mass is 442 g/mol. The van der Waals surface area contributed by atoms with Crippen LogP contribution >= 0.6 is 58.2 Å². The molecule has 0 N–H and O–H groups in total. The third-order valence-electron chi connectivity index (χ3n) is 2.67. The van der Waals surface area contributed by atoms with E-state index >= 15 is 0 Å². The van der Waals surface area contributed by atoms with Crippen LogP contribution in [0.25, 0.3) is 5.69 Å². The van der Waals surface area contributed by atoms with Crippen molar-refractivity contribution in [2.75, 3.05) is 7.11 Å². The van der Waals surface area contributed by atoms with E-state index in [1.165, 1.54) is 7.11 Å². The molecule has 0 unspecified atom stereocenters. The fraction of sp³-hybridized carbons (Fsp3) is 0.250. The van der Waals surface area contributed by atoms with Gasteiger partial charge in [0.05, 0.1) is 33.8 Å². The van der Waals surface area contributed by atoms with Crippen LogP contribution in [0.1, 0.15) is 5.56 Å². The summed E-state index contributed by atoms with van der Waals surface area (Å²) in [5, 5.41) is 3.25. The Morgan fingerprint density at radius 2 is 1.67 bits per heavy atom. The highest BCUT2D eigenvalue weighted by molar-refractivity contribution is 8.03. The average molecular weight is 444 g/mol. The second kappa shape index (κ2) is 6.99. The zero-order valence-corrected chi connectivity index (χ0v) is 15.3. The minimum atomic E-state index is -4.62. The molecule has 12 heteroatoms. The van der Waals surface area contributed by atoms with Crippen molar-refractivity contribution in [2.24, 2.45) is 0 Å². The molecule has 0 radical (unpaired) electrons. The molecule has 1 heterocycles. The van der Waals surface area contributed by atoms with Gasteiger partial charge in [0.15, 0.2) is 0 Å². The topological polar surface area (TPSA) is 27.1 Å². The zero-order chi connectivity index (χ0) is 18.3. The first-order chi connectivity index (χ1) is 10.9. The van der Waals surface area contributed by atoms with E-state index in [0.29, 0.717) is 23.9 Å². The lowest BCUT2D eigenvalue weighted by atomic mass is 10.2. The van der Waals surface area contributed by atoms with Gasteiger partial charge in [0.2, 0.25) is 5.88 Å². The highest BCUT2D eigenvalue weighted by Gasteiger charge is 2.33. The van der Waals surface area contributed by atoms with Gasteiger partial charge in [-0.1, -0.05) is 46.4 Å². The van der Waals surface area contributed by atoms with Gasteiger partial charge in [-0.2, -0.15) is 27.3 Å². The Bertz CT molecular complexity index is 737. The van der Waals surface area contributed by atoms with Crippen molar-refractivity contribution in [2.45, 2.75) is 15.0 Å². The second-order valence-electron chi connectivity index (χ2n) is 4.26. The Morgan fingerprint density at radius 3 is 2.08 bits per heavy atom. The summed E-state index contributed by atoms with van der Waals surface area (Å²) in [6.45, 7) is 0. The number of benzene rings is 1. The average Bonchev–Trinajstić information content (AvgIpc) is 2.77. The number of aromatic nitrogens is 2. The summed E-state index contributed by atoms with van der Waals surface area (Å²) in [5.74, 6) is -0.0492. The van der Waals surface area contributed by atoms with Crippen LogP contribution in [0.4, 0.5) is 17.6 Å². The van der Waals surface area contributed by atoms with E-state index in [4.69, 9.17) is 51.1 Å². The summed E-state index contributed by atoms with van der Waals surface area (Å²) in [5.41, 5.74) is -1.09. The number of ether oxygens (including phenoxy) is 1. The number of halogens is 8. The number of alkyl halides is 6. The van der Waals surface area contributed by atoms with Crippen molar-refractivity contribution in [3.8, 4) is 11.6 Å². The van der Waals surface area contributed by atoms with E-state index in [1.807, 2.05) is 0 Å². The van der Waals surface area contributed by atoms with Crippen molar-refractivity contribution in [3.05, 3.63) is 33.9 Å². The Labute approximate surface area is 157 Å². The molecule has 0 bridgehead atoms. The van der Waals surface area contributed by atoms with E-state index in [9.17, 15) is 17.6 Å². The number of hydrogen-bond acceptors (Lipinski definition) is 3. The zero-order valence-electron chi connectivity index (χ0n) is 11.5. The van der Waals surface area contributed by atoms with Crippen LogP contribution in [0, 0.1) is 0 Å². The highest BCUT2D eigenvalue weighted by Crippen LogP contribution is 2.46. The maximum absolute atomic E-state index is 13.4. The number of nitrogens with zero attached hydrogens (tertiary/aromatic N) is 2. The summed E-state index contributed by atoms with van der Waals surface area (Å²) in [4.78, 5) is 0.0945. The van der Waals surface area contributed by atoms with E-state index in [1.54, 1.807) is 0 Å². The molecule has 2 aromatic rings. The molecule has 132 valence electrons. The lowest BCUT2D eigenvalue weighted by Crippen LogP contribution is -2.08. The van der Waals surface area contributed by atoms with Crippen molar-refractivity contribution < 1.29 is 22.3 Å². The first kappa shape index (κ1) is 19.8. The van der Waals surface area contributed by atoms with Gasteiger partial charge in [-0.05, 0) is 23.9 Å². The van der Waals surface area contributed by atoms with E-state index in [0.717, 1.165) is 10.9 Å². The first-order valence-electron chi connectivity index (χ1n) is 5.88. The van der Waals surface area contributed by atoms with Gasteiger partial charge >= 0.3 is 10.1 Å². The molecule has 3 nitrogen and oxygen atoms in total. The SMILES string of the molecule is COc1c(SC(F)(Cl)Cl)cnn1-c1c(Cl)cc(C(F)(F)F)cc1Cl. The number of hydrogen-bond donors (Lipinski definition) is 0. The summed E-state index contributed by atoms with van der Waals surface area (Å²) in [7, 11) is 1.24. The van der Waals surface area contributed by atoms with Crippen molar-refractivity contribution in [3.63, 3.8) is 0 Å². The van der Waals surface area contributed by atoms with Crippen LogP contribution < -0.4 is 4.74 Å². The van der Waals surface area contributed by atoms with Crippen LogP contribution in [0.2, 0.25) is 10.0 Å². The molecule has 0 aliphatic carbocycles. The largest absolute Gasteiger partial charge is 0.480 e. The molecular weight excluding hydrogens is 438 g/mol. The van der Waals surface area contributed by atoms with Crippen LogP contribution in [0.3, 0.4) is 0 Å². The fourth-order valence-corrected chi connectivity index (χ4v) is 3.55. The van der Waals surface area contributed by atoms with E-state index in [2.05, 4.69) is 5.10 Å². The van der Waals surface area contributed by atoms with E-state index < -0.39 is 15.7 Å². The molecule has 0 aliphatic rings. The maximum atomic E-state index is 13.4. The second-order valence-corrected chi connectivity index (χ2v) is 7.97. The van der Waals surface area contributed by atoms with Gasteiger partial charge < -0.3 is 4.74 Å². The quantitative estimate of drug-likeness (QED) is 0.312. The summed E-state index contributed by atoms with van der Waals surface area (Å²) < 4.78 is 55.1. The molecule has 24 heavy (non-hydrogen) atoms. The summed E-state index contributed by atoms with van der Waals surface area (Å²) in [6, 6.07) is 1.39. The molecule has 0 atom stereocenters. The summed E-state index contributed by atoms with van der Waals surface area (Å²) >= 11 is 22.8. The molecule has 0 saturated heterocycles. The summed E-state index contributed by atoms with van der Waals surface area (Å²) in [6.07, 6.45) is -3.46. The van der Waals surface area contributed by atoms with Crippen LogP contribution in [-0.4, -0.2) is 20.8 Å². The molecule has 2 rings (SSSR count). The van der Waals surface area contributed by atoms with Crippen LogP contribution in [0.15, 0.2) is 23.2 Å². The lowest BCUT2D eigenvalue weighted by molar-refractivity contribution is -0.137. The fourth-order valence-electron chi connectivity index (χ4n) is 1.79. The molecule has 0 amide bonds. The maximum Gasteiger partial charge on any atom is 0.416 e. The Kier molecular flexibility index (Phi) is 5.76. The Morgan fingerprint density at radius 1 is 1.12 bits per heavy atom. The molecule has 0 fully saturated rings. The lowest BCUT2D eigenvalue weighted by Gasteiger charge is -2.14. The van der Waals surface area contributed by atoms with Crippen LogP contribution in [0.5, 0.6) is 5.88 Å². The predicted octanol–water partition coefficient (Wildman–Crippen LogP) is 6.36. The van der Waals surface area contributed by atoms with Crippen molar-refractivity contribution in [1.29, 1.82) is 0 Å². The van der Waals surface area contributed by atoms with Gasteiger partial charge in [-0.3, -0.25) is 0 Å². The third kappa shape index (κ3) is 4.35. The van der Waals surface area contributed by atoms with Gasteiger partial charge in [0.25, 0.3) is 0 Å². The number of thioether (sulfide) groups is 1. The van der Waals surface area contributed by atoms with Gasteiger partial charge in [-0.15, -0.1) is 0 Å². The van der Waals surface area contributed by atoms with Gasteiger partial charge in [0.1, 0.15) is 5.69 Å². The molecule has 1 aromatic carbocycles. The normalized spacial score (nSPS) is 12.5. The number of methoxy groups -OCH3 is 1. The molecule has 0 saturated carbocycles. The first-order valence-corrected chi connectivity index (χ1v) is 8.21. The molecule has 1 aromatic heterocycles. The van der Waals surface area contributed by atoms with Gasteiger partial charge in [0, 0.05) is 0 Å². The van der Waals surface area contributed by atoms with E-state index in [-0.39, 0.29) is 26.5 Å². The van der Waals surface area contributed by atoms with Gasteiger partial charge in [-0.25, -0.2) is 0 Å². The number of rotatable bonds is 4. The standard InChI is InChI=1S/C12H6Cl4F4N2OS/c1-23-10-8(24-12(15,16)20)4-21-22(10)9-6(13)2-5(3-7(9)14)11(17,18)19/h2-4H,1H3. The molecular formula is C12H6Cl4F4N2OS. The van der Waals surface area contributed by atoms with Crippen LogP contribution in [-0.2, 0) is 6.18 Å².